The van der Waals surface area contributed by atoms with Crippen molar-refractivity contribution < 1.29 is 18.3 Å². The van der Waals surface area contributed by atoms with Crippen molar-refractivity contribution in [2.75, 3.05) is 52.3 Å². The summed E-state index contributed by atoms with van der Waals surface area (Å²) in [6, 6.07) is 1.68. The zero-order chi connectivity index (χ0) is 18.2. The summed E-state index contributed by atoms with van der Waals surface area (Å²) in [7, 11) is 1.11. The van der Waals surface area contributed by atoms with Gasteiger partial charge in [-0.2, -0.15) is 22.0 Å². The van der Waals surface area contributed by atoms with Crippen LogP contribution in [-0.4, -0.2) is 85.1 Å². The van der Waals surface area contributed by atoms with Gasteiger partial charge in [0, 0.05) is 58.5 Å². The van der Waals surface area contributed by atoms with Crippen molar-refractivity contribution in [3.63, 3.8) is 0 Å². The summed E-state index contributed by atoms with van der Waals surface area (Å²) in [5, 5.41) is 11.0. The van der Waals surface area contributed by atoms with Gasteiger partial charge in [0.2, 0.25) is 11.8 Å². The zero-order valence-electron chi connectivity index (χ0n) is 14.8. The van der Waals surface area contributed by atoms with Gasteiger partial charge in [-0.25, -0.2) is 4.98 Å². The number of hydrogen-bond donors (Lipinski definition) is 1. The van der Waals surface area contributed by atoms with Gasteiger partial charge in [-0.05, 0) is 12.8 Å². The van der Waals surface area contributed by atoms with E-state index in [2.05, 4.69) is 9.97 Å². The van der Waals surface area contributed by atoms with Gasteiger partial charge in [0.15, 0.2) is 0 Å². The molecule has 1 aromatic heterocycles. The van der Waals surface area contributed by atoms with Crippen LogP contribution < -0.4 is 9.64 Å². The van der Waals surface area contributed by atoms with E-state index in [0.717, 1.165) is 0 Å². The van der Waals surface area contributed by atoms with Crippen LogP contribution in [0.2, 0.25) is 0 Å². The van der Waals surface area contributed by atoms with Crippen LogP contribution in [0.1, 0.15) is 12.8 Å². The molecule has 10 heteroatoms. The maximum atomic E-state index is 12.4. The van der Waals surface area contributed by atoms with Crippen molar-refractivity contribution in [3.8, 4) is 5.88 Å². The fourth-order valence-corrected chi connectivity index (χ4v) is 4.64. The van der Waals surface area contributed by atoms with E-state index in [1.54, 1.807) is 19.4 Å². The molecule has 0 spiro atoms. The molecule has 0 saturated carbocycles. The van der Waals surface area contributed by atoms with Crippen molar-refractivity contribution in [1.29, 1.82) is 0 Å². The van der Waals surface area contributed by atoms with E-state index >= 15 is 0 Å². The van der Waals surface area contributed by atoms with Crippen LogP contribution in [0, 0.1) is 5.92 Å². The van der Waals surface area contributed by atoms with Crippen LogP contribution in [-0.2, 0) is 10.2 Å². The molecule has 2 atom stereocenters. The Morgan fingerprint density at radius 3 is 2.72 bits per heavy atom. The molecule has 0 aliphatic carbocycles. The lowest BCUT2D eigenvalue weighted by molar-refractivity contribution is -0.0696. The Labute approximate surface area is 148 Å². The Kier molecular flexibility index (Phi) is 4.89. The highest BCUT2D eigenvalue weighted by Gasteiger charge is 2.48. The lowest BCUT2D eigenvalue weighted by Crippen LogP contribution is -2.61. The number of piperidine rings is 2. The van der Waals surface area contributed by atoms with Crippen LogP contribution in [0.4, 0.5) is 5.95 Å². The summed E-state index contributed by atoms with van der Waals surface area (Å²) < 4.78 is 32.6. The van der Waals surface area contributed by atoms with Crippen LogP contribution in [0.15, 0.2) is 12.3 Å². The van der Waals surface area contributed by atoms with E-state index in [4.69, 9.17) is 4.74 Å². The summed E-state index contributed by atoms with van der Waals surface area (Å²) in [5.41, 5.74) is -0.840. The first-order valence-electron chi connectivity index (χ1n) is 8.28. The van der Waals surface area contributed by atoms with E-state index in [0.29, 0.717) is 44.3 Å². The second kappa shape index (κ2) is 6.67. The maximum Gasteiger partial charge on any atom is 0.281 e. The highest BCUT2D eigenvalue weighted by Crippen LogP contribution is 2.37. The van der Waals surface area contributed by atoms with E-state index in [9.17, 15) is 13.5 Å². The molecular formula is C15H25N5O4S. The maximum absolute atomic E-state index is 12.4. The summed E-state index contributed by atoms with van der Waals surface area (Å²) >= 11 is 0. The van der Waals surface area contributed by atoms with E-state index in [-0.39, 0.29) is 12.5 Å². The lowest BCUT2D eigenvalue weighted by atomic mass is 9.76. The van der Waals surface area contributed by atoms with Gasteiger partial charge in [-0.1, -0.05) is 0 Å². The van der Waals surface area contributed by atoms with E-state index in [1.165, 1.54) is 22.7 Å². The van der Waals surface area contributed by atoms with Crippen LogP contribution in [0.25, 0.3) is 0 Å². The molecule has 2 aliphatic heterocycles. The molecule has 3 heterocycles. The minimum atomic E-state index is -3.48. The molecule has 0 bridgehead atoms. The molecule has 2 aliphatic rings. The monoisotopic (exact) mass is 371 g/mol. The second-order valence-electron chi connectivity index (χ2n) is 6.79. The van der Waals surface area contributed by atoms with Gasteiger partial charge in [0.25, 0.3) is 10.2 Å². The molecule has 0 amide bonds. The Hall–Kier alpha value is -1.49. The first kappa shape index (κ1) is 18.3. The molecule has 140 valence electrons. The number of methoxy groups -OCH3 is 1. The topological polar surface area (TPSA) is 99.1 Å². The number of ether oxygens (including phenoxy) is 1. The Morgan fingerprint density at radius 1 is 1.32 bits per heavy atom. The second-order valence-corrected chi connectivity index (χ2v) is 8.94. The van der Waals surface area contributed by atoms with E-state index in [1.807, 2.05) is 4.90 Å². The summed E-state index contributed by atoms with van der Waals surface area (Å²) in [6.07, 6.45) is 2.64. The van der Waals surface area contributed by atoms with Gasteiger partial charge in [0.1, 0.15) is 0 Å². The molecule has 0 radical (unpaired) electrons. The summed E-state index contributed by atoms with van der Waals surface area (Å²) in [6.45, 7) is 1.75. The fourth-order valence-electron chi connectivity index (χ4n) is 3.49. The highest BCUT2D eigenvalue weighted by molar-refractivity contribution is 7.86. The summed E-state index contributed by atoms with van der Waals surface area (Å²) in [5.74, 6) is 0.819. The number of anilines is 1. The zero-order valence-corrected chi connectivity index (χ0v) is 15.6. The van der Waals surface area contributed by atoms with Crippen LogP contribution in [0.3, 0.4) is 0 Å². The Bertz CT molecular complexity index is 728. The third kappa shape index (κ3) is 3.43. The third-order valence-electron chi connectivity index (χ3n) is 5.13. The molecule has 1 N–H and O–H groups in total. The molecular weight excluding hydrogens is 346 g/mol. The fraction of sp³-hybridized carbons (Fsp3) is 0.733. The van der Waals surface area contributed by atoms with Crippen molar-refractivity contribution >= 4 is 16.2 Å². The highest BCUT2D eigenvalue weighted by atomic mass is 32.2. The predicted octanol–water partition coefficient (Wildman–Crippen LogP) is -0.445. The number of rotatable bonds is 4. The van der Waals surface area contributed by atoms with Gasteiger partial charge >= 0.3 is 0 Å². The molecule has 9 nitrogen and oxygen atoms in total. The van der Waals surface area contributed by atoms with Gasteiger partial charge in [0.05, 0.1) is 12.7 Å². The largest absolute Gasteiger partial charge is 0.481 e. The molecule has 1 aromatic rings. The molecule has 2 saturated heterocycles. The smallest absolute Gasteiger partial charge is 0.281 e. The van der Waals surface area contributed by atoms with Gasteiger partial charge in [-0.3, -0.25) is 0 Å². The van der Waals surface area contributed by atoms with Crippen LogP contribution in [0.5, 0.6) is 5.88 Å². The quantitative estimate of drug-likeness (QED) is 0.766. The van der Waals surface area contributed by atoms with Gasteiger partial charge < -0.3 is 14.7 Å². The normalized spacial score (nSPS) is 28.0. The number of aliphatic hydroxyl groups is 1. The number of fused-ring (bicyclic) bond motifs is 1. The Balaban J connectivity index is 1.79. The van der Waals surface area contributed by atoms with Crippen molar-refractivity contribution in [2.24, 2.45) is 5.92 Å². The SMILES string of the molecule is COc1ccnc(N2CC[C@@]3(O)CCN(S(=O)(=O)N(C)C)C[C@H]3C2)n1. The summed E-state index contributed by atoms with van der Waals surface area (Å²) in [4.78, 5) is 10.6. The lowest BCUT2D eigenvalue weighted by Gasteiger charge is -2.49. The minimum Gasteiger partial charge on any atom is -0.481 e. The molecule has 0 unspecified atom stereocenters. The Morgan fingerprint density at radius 2 is 2.04 bits per heavy atom. The first-order chi connectivity index (χ1) is 11.8. The average Bonchev–Trinajstić information content (AvgIpc) is 2.60. The molecule has 25 heavy (non-hydrogen) atoms. The average molecular weight is 371 g/mol. The number of aromatic nitrogens is 2. The van der Waals surface area contributed by atoms with Crippen molar-refractivity contribution in [3.05, 3.63) is 12.3 Å². The van der Waals surface area contributed by atoms with Crippen molar-refractivity contribution in [2.45, 2.75) is 18.4 Å². The third-order valence-corrected chi connectivity index (χ3v) is 7.04. The molecule has 0 aromatic carbocycles. The molecule has 2 fully saturated rings. The molecule has 3 rings (SSSR count). The predicted molar refractivity (Wildman–Crippen MR) is 92.7 cm³/mol. The van der Waals surface area contributed by atoms with Crippen LogP contribution >= 0.6 is 0 Å². The van der Waals surface area contributed by atoms with Crippen molar-refractivity contribution in [1.82, 2.24) is 18.6 Å². The first-order valence-corrected chi connectivity index (χ1v) is 9.68. The van der Waals surface area contributed by atoms with Gasteiger partial charge in [-0.15, -0.1) is 0 Å². The number of nitrogens with zero attached hydrogens (tertiary/aromatic N) is 5. The minimum absolute atomic E-state index is 0.195. The number of hydrogen-bond acceptors (Lipinski definition) is 7. The standard InChI is InChI=1S/C15H25N5O4S/c1-18(2)25(22,23)20-9-6-15(21)5-8-19(10-12(15)11-20)14-16-7-4-13(17-14)24-3/h4,7,12,21H,5-6,8-11H2,1-3H3/t12-,15-/m1/s1. The van der Waals surface area contributed by atoms with E-state index < -0.39 is 15.8 Å².